The van der Waals surface area contributed by atoms with Crippen molar-refractivity contribution >= 4 is 23.6 Å². The third-order valence-electron chi connectivity index (χ3n) is 6.06. The van der Waals surface area contributed by atoms with Crippen molar-refractivity contribution in [3.8, 4) is 0 Å². The van der Waals surface area contributed by atoms with Gasteiger partial charge in [0.15, 0.2) is 5.78 Å². The van der Waals surface area contributed by atoms with Gasteiger partial charge in [-0.05, 0) is 36.6 Å². The molecule has 0 bridgehead atoms. The van der Waals surface area contributed by atoms with Gasteiger partial charge in [0.1, 0.15) is 5.82 Å². The second kappa shape index (κ2) is 9.52. The Labute approximate surface area is 191 Å². The number of ketones is 1. The predicted molar refractivity (Wildman–Crippen MR) is 117 cm³/mol. The number of hydrogen-bond acceptors (Lipinski definition) is 5. The Hall–Kier alpha value is -3.55. The largest absolute Gasteiger partial charge is 0.465 e. The van der Waals surface area contributed by atoms with E-state index < -0.39 is 17.7 Å². The highest BCUT2D eigenvalue weighted by molar-refractivity contribution is 6.07. The lowest BCUT2D eigenvalue weighted by Gasteiger charge is -2.35. The topological polar surface area (TPSA) is 84.0 Å². The number of benzene rings is 2. The predicted octanol–water partition coefficient (Wildman–Crippen LogP) is 2.73. The molecule has 0 radical (unpaired) electrons. The number of carbonyl (C=O) groups is 4. The number of ether oxygens (including phenoxy) is 1. The number of hydrogen-bond donors (Lipinski definition) is 0. The van der Waals surface area contributed by atoms with Crippen LogP contribution in [0, 0.1) is 11.7 Å². The second-order valence-corrected chi connectivity index (χ2v) is 8.34. The standard InChI is InChI=1S/C25H25FN2O5/c1-33-25(32)19-5-3-2-4-18(19)22(29)15-16-6-9-21(26)20(14-16)24(31)28-12-10-27(11-13-28)23(30)17-7-8-17/h2-6,9,14,17H,7-8,10-13,15H2,1H3. The van der Waals surface area contributed by atoms with E-state index in [2.05, 4.69) is 0 Å². The van der Waals surface area contributed by atoms with Crippen LogP contribution in [0.2, 0.25) is 0 Å². The van der Waals surface area contributed by atoms with E-state index in [-0.39, 0.29) is 40.7 Å². The molecule has 0 atom stereocenters. The van der Waals surface area contributed by atoms with Crippen LogP contribution < -0.4 is 0 Å². The van der Waals surface area contributed by atoms with Gasteiger partial charge in [0.2, 0.25) is 5.91 Å². The number of esters is 1. The van der Waals surface area contributed by atoms with Gasteiger partial charge in [-0.15, -0.1) is 0 Å². The fourth-order valence-electron chi connectivity index (χ4n) is 4.03. The summed E-state index contributed by atoms with van der Waals surface area (Å²) in [7, 11) is 1.24. The van der Waals surface area contributed by atoms with Gasteiger partial charge in [-0.3, -0.25) is 14.4 Å². The average molecular weight is 452 g/mol. The summed E-state index contributed by atoms with van der Waals surface area (Å²) in [5, 5.41) is 0. The molecule has 2 aromatic rings. The van der Waals surface area contributed by atoms with E-state index in [0.29, 0.717) is 31.7 Å². The number of nitrogens with zero attached hydrogens (tertiary/aromatic N) is 2. The van der Waals surface area contributed by atoms with E-state index in [9.17, 15) is 23.6 Å². The summed E-state index contributed by atoms with van der Waals surface area (Å²) < 4.78 is 19.2. The first-order valence-corrected chi connectivity index (χ1v) is 11.0. The summed E-state index contributed by atoms with van der Waals surface area (Å²) >= 11 is 0. The van der Waals surface area contributed by atoms with E-state index in [1.54, 1.807) is 17.0 Å². The van der Waals surface area contributed by atoms with Crippen LogP contribution >= 0.6 is 0 Å². The van der Waals surface area contributed by atoms with Crippen LogP contribution in [0.4, 0.5) is 4.39 Å². The van der Waals surface area contributed by atoms with Crippen molar-refractivity contribution in [3.05, 3.63) is 70.5 Å². The van der Waals surface area contributed by atoms with E-state index >= 15 is 0 Å². The van der Waals surface area contributed by atoms with Crippen LogP contribution in [-0.2, 0) is 16.0 Å². The molecule has 0 aromatic heterocycles. The molecule has 0 spiro atoms. The van der Waals surface area contributed by atoms with Crippen molar-refractivity contribution in [2.24, 2.45) is 5.92 Å². The van der Waals surface area contributed by atoms with Gasteiger partial charge in [0.25, 0.3) is 5.91 Å². The van der Waals surface area contributed by atoms with Crippen molar-refractivity contribution in [2.75, 3.05) is 33.3 Å². The van der Waals surface area contributed by atoms with Crippen LogP contribution in [0.25, 0.3) is 0 Å². The van der Waals surface area contributed by atoms with Gasteiger partial charge in [0.05, 0.1) is 18.2 Å². The zero-order valence-corrected chi connectivity index (χ0v) is 18.4. The lowest BCUT2D eigenvalue weighted by Crippen LogP contribution is -2.51. The van der Waals surface area contributed by atoms with Crippen molar-refractivity contribution in [1.29, 1.82) is 0 Å². The van der Waals surface area contributed by atoms with Crippen LogP contribution in [0.5, 0.6) is 0 Å². The molecule has 0 unspecified atom stereocenters. The minimum Gasteiger partial charge on any atom is -0.465 e. The number of amides is 2. The normalized spacial score (nSPS) is 15.8. The molecule has 7 nitrogen and oxygen atoms in total. The smallest absolute Gasteiger partial charge is 0.338 e. The molecule has 1 saturated heterocycles. The number of methoxy groups -OCH3 is 1. The average Bonchev–Trinajstić information content (AvgIpc) is 3.69. The van der Waals surface area contributed by atoms with E-state index in [4.69, 9.17) is 4.74 Å². The number of rotatable bonds is 6. The summed E-state index contributed by atoms with van der Waals surface area (Å²) in [6, 6.07) is 10.3. The quantitative estimate of drug-likeness (QED) is 0.497. The van der Waals surface area contributed by atoms with Gasteiger partial charge < -0.3 is 14.5 Å². The Morgan fingerprint density at radius 1 is 0.909 bits per heavy atom. The molecular formula is C25H25FN2O5. The third-order valence-corrected chi connectivity index (χ3v) is 6.06. The third kappa shape index (κ3) is 4.94. The molecule has 8 heteroatoms. The van der Waals surface area contributed by atoms with Crippen LogP contribution in [0.15, 0.2) is 42.5 Å². The SMILES string of the molecule is COC(=O)c1ccccc1C(=O)Cc1ccc(F)c(C(=O)N2CCN(C(=O)C3CC3)CC2)c1. The number of piperazine rings is 1. The molecular weight excluding hydrogens is 427 g/mol. The monoisotopic (exact) mass is 452 g/mol. The Morgan fingerprint density at radius 2 is 1.55 bits per heavy atom. The maximum absolute atomic E-state index is 14.5. The van der Waals surface area contributed by atoms with E-state index in [0.717, 1.165) is 12.8 Å². The zero-order chi connectivity index (χ0) is 23.5. The van der Waals surface area contributed by atoms with Gasteiger partial charge >= 0.3 is 5.97 Å². The summed E-state index contributed by atoms with van der Waals surface area (Å²) in [6.07, 6.45) is 1.76. The van der Waals surface area contributed by atoms with Crippen LogP contribution in [-0.4, -0.2) is 66.7 Å². The van der Waals surface area contributed by atoms with E-state index in [1.807, 2.05) is 0 Å². The molecule has 33 heavy (non-hydrogen) atoms. The van der Waals surface area contributed by atoms with E-state index in [1.165, 1.54) is 42.3 Å². The zero-order valence-electron chi connectivity index (χ0n) is 18.4. The van der Waals surface area contributed by atoms with Crippen molar-refractivity contribution in [2.45, 2.75) is 19.3 Å². The summed E-state index contributed by atoms with van der Waals surface area (Å²) in [5.74, 6) is -1.82. The lowest BCUT2D eigenvalue weighted by molar-refractivity contribution is -0.134. The molecule has 2 amide bonds. The Kier molecular flexibility index (Phi) is 6.53. The van der Waals surface area contributed by atoms with Crippen LogP contribution in [0.1, 0.15) is 49.5 Å². The minimum absolute atomic E-state index is 0.0990. The minimum atomic E-state index is -0.664. The molecule has 1 aliphatic carbocycles. The molecule has 4 rings (SSSR count). The summed E-state index contributed by atoms with van der Waals surface area (Å²) in [6.45, 7) is 1.55. The highest BCUT2D eigenvalue weighted by Crippen LogP contribution is 2.31. The van der Waals surface area contributed by atoms with Crippen molar-refractivity contribution in [1.82, 2.24) is 9.80 Å². The van der Waals surface area contributed by atoms with Gasteiger partial charge in [-0.25, -0.2) is 9.18 Å². The first-order chi connectivity index (χ1) is 15.9. The molecule has 172 valence electrons. The molecule has 1 heterocycles. The fraction of sp³-hybridized carbons (Fsp3) is 0.360. The maximum Gasteiger partial charge on any atom is 0.338 e. The highest BCUT2D eigenvalue weighted by Gasteiger charge is 2.35. The molecule has 2 aliphatic rings. The van der Waals surface area contributed by atoms with Crippen LogP contribution in [0.3, 0.4) is 0 Å². The lowest BCUT2D eigenvalue weighted by atomic mass is 9.97. The molecule has 2 fully saturated rings. The number of Topliss-reactive ketones (excluding diaryl/α,β-unsaturated/α-hetero) is 1. The van der Waals surface area contributed by atoms with Gasteiger partial charge in [0, 0.05) is 44.1 Å². The van der Waals surface area contributed by atoms with Gasteiger partial charge in [-0.1, -0.05) is 24.3 Å². The van der Waals surface area contributed by atoms with Gasteiger partial charge in [-0.2, -0.15) is 0 Å². The molecule has 1 aliphatic heterocycles. The summed E-state index contributed by atoms with van der Waals surface area (Å²) in [5.41, 5.74) is 0.718. The maximum atomic E-state index is 14.5. The van der Waals surface area contributed by atoms with Crippen molar-refractivity contribution in [3.63, 3.8) is 0 Å². The Balaban J connectivity index is 1.46. The Bertz CT molecular complexity index is 1100. The Morgan fingerprint density at radius 3 is 2.18 bits per heavy atom. The second-order valence-electron chi connectivity index (χ2n) is 8.34. The fourth-order valence-corrected chi connectivity index (χ4v) is 4.03. The first kappa shape index (κ1) is 22.6. The molecule has 0 N–H and O–H groups in total. The highest BCUT2D eigenvalue weighted by atomic mass is 19.1. The molecule has 2 aromatic carbocycles. The number of carbonyl (C=O) groups excluding carboxylic acids is 4. The molecule has 1 saturated carbocycles. The van der Waals surface area contributed by atoms with Crippen molar-refractivity contribution < 1.29 is 28.3 Å². The summed E-state index contributed by atoms with van der Waals surface area (Å²) in [4.78, 5) is 53.3. The number of halogens is 1. The first-order valence-electron chi connectivity index (χ1n) is 11.0.